The Morgan fingerprint density at radius 2 is 0.946 bits per heavy atom. The van der Waals surface area contributed by atoms with Crippen molar-refractivity contribution in [1.29, 1.82) is 5.26 Å². The molecule has 2 heterocycles. The Balaban J connectivity index is 0.00000158. The van der Waals surface area contributed by atoms with E-state index in [0.29, 0.717) is 0 Å². The molecule has 0 fully saturated rings. The summed E-state index contributed by atoms with van der Waals surface area (Å²) >= 11 is 0. The molecule has 276 valence electrons. The number of hydrogen-bond donors (Lipinski definition) is 0. The zero-order chi connectivity index (χ0) is 38.1. The molecule has 0 spiro atoms. The van der Waals surface area contributed by atoms with Crippen molar-refractivity contribution in [1.82, 2.24) is 0 Å². The Bertz CT molecular complexity index is 2490. The quantitative estimate of drug-likeness (QED) is 0.155. The second kappa shape index (κ2) is 16.0. The number of anilines is 7. The average molecular weight is 907 g/mol. The Labute approximate surface area is 346 Å². The minimum Gasteiger partial charge on any atom is -0.512 e. The van der Waals surface area contributed by atoms with Crippen LogP contribution in [0.4, 0.5) is 39.8 Å². The van der Waals surface area contributed by atoms with Gasteiger partial charge in [-0.2, -0.15) is 12.7 Å². The van der Waals surface area contributed by atoms with Crippen LogP contribution >= 0.6 is 0 Å². The number of rotatable bonds is 6. The van der Waals surface area contributed by atoms with Crippen LogP contribution < -0.4 is 19.6 Å². The molecule has 9 rings (SSSR count). The van der Waals surface area contributed by atoms with E-state index in [-0.39, 0.29) is 26.5 Å². The minimum atomic E-state index is -0.0388. The molecule has 2 aliphatic heterocycles. The van der Waals surface area contributed by atoms with E-state index in [0.717, 1.165) is 34.1 Å². The molecule has 0 aliphatic carbocycles. The fraction of sp³-hybridized carbons (Fsp3) is 0.100. The predicted molar refractivity (Wildman–Crippen MR) is 228 cm³/mol. The fourth-order valence-electron chi connectivity index (χ4n) is 7.56. The summed E-state index contributed by atoms with van der Waals surface area (Å²) in [5.74, 6) is 0. The van der Waals surface area contributed by atoms with Crippen molar-refractivity contribution >= 4 is 39.8 Å². The fourth-order valence-corrected chi connectivity index (χ4v) is 7.56. The van der Waals surface area contributed by atoms with E-state index in [2.05, 4.69) is 231 Å². The standard InChI is InChI=1S/C49H41N4.CN.Pt/c1-49(2,3)39-30-37(35-17-7-5-8-18-35)29-38(31-39)43-24-16-23-42(36-19-9-6-10-20-36)48(43)53-34-52(46-27-13-14-28-47(46)53)41-22-15-21-40(32-41)51-33-50(4)44-25-11-12-26-45(44)51;1-2;/h5-31,33-34H,1-4H3;;/q-3;-1;+4. The topological polar surface area (TPSA) is 36.8 Å². The van der Waals surface area contributed by atoms with E-state index in [1.807, 2.05) is 0 Å². The molecule has 0 radical (unpaired) electrons. The maximum absolute atomic E-state index is 6.25. The largest absolute Gasteiger partial charge is 4.00 e. The van der Waals surface area contributed by atoms with Crippen LogP contribution in [0.1, 0.15) is 26.3 Å². The summed E-state index contributed by atoms with van der Waals surface area (Å²) in [6, 6.07) is 62.7. The summed E-state index contributed by atoms with van der Waals surface area (Å²) in [5, 5.41) is 6.25. The van der Waals surface area contributed by atoms with E-state index >= 15 is 0 Å². The SMILES string of the molecule is CN1[CH-]N(c2[c-]c(N3[CH-]N(c4c(-c5ccccc5)cccc4-c4cc(-c5ccccc5)cc(C(C)(C)C)c4)c4ccccc43)ccc2)c2ccccc21.[C-]#N.[Pt+4]. The maximum Gasteiger partial charge on any atom is 4.00 e. The number of hydrogen-bond acceptors (Lipinski definition) is 5. The average Bonchev–Trinajstić information content (AvgIpc) is 3.79. The molecule has 0 atom stereocenters. The van der Waals surface area contributed by atoms with Gasteiger partial charge in [0, 0.05) is 39.6 Å². The van der Waals surface area contributed by atoms with Crippen molar-refractivity contribution in [2.24, 2.45) is 0 Å². The third-order valence-corrected chi connectivity index (χ3v) is 10.3. The monoisotopic (exact) mass is 906 g/mol. The molecule has 7 aromatic rings. The van der Waals surface area contributed by atoms with E-state index in [4.69, 9.17) is 11.8 Å². The van der Waals surface area contributed by atoms with Crippen LogP contribution in [0, 0.1) is 31.2 Å². The molecule has 0 bridgehead atoms. The van der Waals surface area contributed by atoms with E-state index in [9.17, 15) is 0 Å². The number of nitrogens with zero attached hydrogens (tertiary/aromatic N) is 5. The van der Waals surface area contributed by atoms with E-state index in [1.165, 1.54) is 44.6 Å². The first-order valence-corrected chi connectivity index (χ1v) is 18.5. The maximum atomic E-state index is 6.25. The van der Waals surface area contributed by atoms with Crippen molar-refractivity contribution in [3.05, 3.63) is 195 Å². The second-order valence-electron chi connectivity index (χ2n) is 14.8. The van der Waals surface area contributed by atoms with Crippen molar-refractivity contribution in [2.45, 2.75) is 26.2 Å². The van der Waals surface area contributed by atoms with Gasteiger partial charge < -0.3 is 31.4 Å². The molecule has 0 saturated heterocycles. The van der Waals surface area contributed by atoms with Crippen molar-refractivity contribution in [3.63, 3.8) is 0 Å². The molecule has 0 saturated carbocycles. The van der Waals surface area contributed by atoms with Crippen LogP contribution in [-0.4, -0.2) is 7.05 Å². The normalized spacial score (nSPS) is 13.0. The smallest absolute Gasteiger partial charge is 0.512 e. The Kier molecular flexibility index (Phi) is 10.9. The summed E-state index contributed by atoms with van der Waals surface area (Å²) < 4.78 is 0. The van der Waals surface area contributed by atoms with Crippen LogP contribution in [0.5, 0.6) is 0 Å². The Morgan fingerprint density at radius 3 is 1.55 bits per heavy atom. The van der Waals surface area contributed by atoms with Gasteiger partial charge in [0.25, 0.3) is 0 Å². The summed E-state index contributed by atoms with van der Waals surface area (Å²) in [6.07, 6.45) is 0. The van der Waals surface area contributed by atoms with Crippen LogP contribution in [-0.2, 0) is 26.5 Å². The summed E-state index contributed by atoms with van der Waals surface area (Å²) in [4.78, 5) is 9.03. The van der Waals surface area contributed by atoms with Crippen LogP contribution in [0.25, 0.3) is 33.4 Å². The molecule has 0 amide bonds. The predicted octanol–water partition coefficient (Wildman–Crippen LogP) is 13.0. The first-order chi connectivity index (χ1) is 26.8. The first-order valence-electron chi connectivity index (χ1n) is 18.5. The Hall–Kier alpha value is -6.08. The van der Waals surface area contributed by atoms with Gasteiger partial charge >= 0.3 is 21.1 Å². The molecular formula is C50H41N5Pt. The molecule has 7 aromatic carbocycles. The molecule has 6 heteroatoms. The zero-order valence-corrected chi connectivity index (χ0v) is 34.1. The van der Waals surface area contributed by atoms with Crippen LogP contribution in [0.15, 0.2) is 164 Å². The van der Waals surface area contributed by atoms with Gasteiger partial charge in [-0.25, -0.2) is 0 Å². The summed E-state index contributed by atoms with van der Waals surface area (Å²) in [5.41, 5.74) is 16.0. The third-order valence-electron chi connectivity index (χ3n) is 10.3. The van der Waals surface area contributed by atoms with Crippen molar-refractivity contribution in [2.75, 3.05) is 26.6 Å². The summed E-state index contributed by atoms with van der Waals surface area (Å²) in [7, 11) is 2.09. The Morgan fingerprint density at radius 1 is 0.482 bits per heavy atom. The second-order valence-corrected chi connectivity index (χ2v) is 14.8. The van der Waals surface area contributed by atoms with Gasteiger partial charge in [-0.15, -0.1) is 36.2 Å². The van der Waals surface area contributed by atoms with Crippen molar-refractivity contribution in [3.8, 4) is 33.4 Å². The third kappa shape index (κ3) is 7.10. The van der Waals surface area contributed by atoms with Gasteiger partial charge in [0.15, 0.2) is 0 Å². The van der Waals surface area contributed by atoms with Crippen LogP contribution in [0.2, 0.25) is 0 Å². The van der Waals surface area contributed by atoms with E-state index in [1.54, 1.807) is 0 Å². The molecule has 0 N–H and O–H groups in total. The summed E-state index contributed by atoms with van der Waals surface area (Å²) in [6.45, 7) is 16.0. The van der Waals surface area contributed by atoms with Crippen molar-refractivity contribution < 1.29 is 21.1 Å². The number of benzene rings is 7. The van der Waals surface area contributed by atoms with Gasteiger partial charge in [-0.05, 0) is 70.6 Å². The zero-order valence-electron chi connectivity index (χ0n) is 31.8. The number of para-hydroxylation sites is 5. The molecule has 2 aliphatic rings. The number of fused-ring (bicyclic) bond motifs is 2. The molecular weight excluding hydrogens is 866 g/mol. The van der Waals surface area contributed by atoms with Gasteiger partial charge in [-0.1, -0.05) is 136 Å². The molecule has 0 unspecified atom stereocenters. The molecule has 56 heavy (non-hydrogen) atoms. The minimum absolute atomic E-state index is 0. The molecule has 5 nitrogen and oxygen atoms in total. The van der Waals surface area contributed by atoms with E-state index < -0.39 is 0 Å². The van der Waals surface area contributed by atoms with Gasteiger partial charge in [0.1, 0.15) is 0 Å². The first kappa shape index (κ1) is 38.2. The van der Waals surface area contributed by atoms with Crippen LogP contribution in [0.3, 0.4) is 0 Å². The van der Waals surface area contributed by atoms with Gasteiger partial charge in [-0.3, -0.25) is 0 Å². The molecule has 0 aromatic heterocycles. The van der Waals surface area contributed by atoms with Gasteiger partial charge in [0.05, 0.1) is 0 Å². The van der Waals surface area contributed by atoms with Gasteiger partial charge in [0.2, 0.25) is 0 Å².